The second-order valence-corrected chi connectivity index (χ2v) is 6.26. The van der Waals surface area contributed by atoms with Gasteiger partial charge in [-0.05, 0) is 23.6 Å². The van der Waals surface area contributed by atoms with Crippen LogP contribution in [0.25, 0.3) is 11.1 Å². The van der Waals surface area contributed by atoms with Gasteiger partial charge in [0.25, 0.3) is 11.5 Å². The minimum absolute atomic E-state index is 0. The Labute approximate surface area is 155 Å². The molecule has 8 heteroatoms. The summed E-state index contributed by atoms with van der Waals surface area (Å²) in [5.74, 6) is 0.0569. The Balaban J connectivity index is 0.00000196. The van der Waals surface area contributed by atoms with E-state index in [4.69, 9.17) is 4.42 Å². The number of benzene rings is 1. The molecule has 0 aliphatic carbocycles. The van der Waals surface area contributed by atoms with Crippen LogP contribution in [0.2, 0.25) is 0 Å². The Bertz CT molecular complexity index is 1050. The van der Waals surface area contributed by atoms with Crippen molar-refractivity contribution in [3.63, 3.8) is 0 Å². The predicted octanol–water partition coefficient (Wildman–Crippen LogP) is 1.79. The van der Waals surface area contributed by atoms with E-state index in [0.29, 0.717) is 12.3 Å². The zero-order chi connectivity index (χ0) is 17.6. The number of aryl methyl sites for hydroxylation is 2. The predicted molar refractivity (Wildman–Crippen MR) is 99.4 cm³/mol. The van der Waals surface area contributed by atoms with Gasteiger partial charge in [0.2, 0.25) is 5.71 Å². The van der Waals surface area contributed by atoms with E-state index in [9.17, 15) is 9.59 Å². The fraction of sp³-hybridized carbons (Fsp3) is 0.278. The minimum atomic E-state index is -0.333. The Hall–Kier alpha value is -2.64. The van der Waals surface area contributed by atoms with E-state index in [-0.39, 0.29) is 40.5 Å². The van der Waals surface area contributed by atoms with Crippen LogP contribution in [0, 0.1) is 6.92 Å². The molecular weight excluding hydrogens is 356 g/mol. The second-order valence-electron chi connectivity index (χ2n) is 6.26. The highest BCUT2D eigenvalue weighted by atomic mass is 35.5. The van der Waals surface area contributed by atoms with Gasteiger partial charge < -0.3 is 19.6 Å². The number of aromatic nitrogens is 2. The minimum Gasteiger partial charge on any atom is -0.442 e. The summed E-state index contributed by atoms with van der Waals surface area (Å²) in [6, 6.07) is 6.18. The summed E-state index contributed by atoms with van der Waals surface area (Å²) >= 11 is 0. The largest absolute Gasteiger partial charge is 0.442 e. The molecule has 1 aromatic carbocycles. The van der Waals surface area contributed by atoms with E-state index in [1.165, 1.54) is 22.0 Å². The third-order valence-electron chi connectivity index (χ3n) is 4.53. The van der Waals surface area contributed by atoms with Crippen molar-refractivity contribution in [2.45, 2.75) is 26.6 Å². The van der Waals surface area contributed by atoms with Gasteiger partial charge in [0.1, 0.15) is 17.5 Å². The average molecular weight is 375 g/mol. The number of fused-ring (bicyclic) bond motifs is 2. The second kappa shape index (κ2) is 6.93. The van der Waals surface area contributed by atoms with Crippen LogP contribution in [0.3, 0.4) is 0 Å². The summed E-state index contributed by atoms with van der Waals surface area (Å²) in [7, 11) is 1.59. The summed E-state index contributed by atoms with van der Waals surface area (Å²) in [6.45, 7) is 3.79. The van der Waals surface area contributed by atoms with Crippen molar-refractivity contribution < 1.29 is 9.21 Å². The van der Waals surface area contributed by atoms with Gasteiger partial charge in [0, 0.05) is 26.7 Å². The summed E-state index contributed by atoms with van der Waals surface area (Å²) < 4.78 is 6.81. The number of hydrogen-bond acceptors (Lipinski definition) is 5. The smallest absolute Gasteiger partial charge is 0.265 e. The van der Waals surface area contributed by atoms with Crippen LogP contribution >= 0.6 is 12.4 Å². The molecule has 2 N–H and O–H groups in total. The molecule has 1 aliphatic rings. The van der Waals surface area contributed by atoms with Gasteiger partial charge in [-0.1, -0.05) is 18.2 Å². The average Bonchev–Trinajstić information content (AvgIpc) is 3.19. The SMILES string of the molecule is Cc1oc2ncn(C)c(=O)c2c1C(=O)NCc1ccc2c(c1)CNC2.Cl. The maximum Gasteiger partial charge on any atom is 0.265 e. The van der Waals surface area contributed by atoms with E-state index in [0.717, 1.165) is 18.7 Å². The van der Waals surface area contributed by atoms with Crippen molar-refractivity contribution in [3.8, 4) is 0 Å². The normalized spacial score (nSPS) is 12.7. The topological polar surface area (TPSA) is 89.2 Å². The Morgan fingerprint density at radius 2 is 2.12 bits per heavy atom. The van der Waals surface area contributed by atoms with Gasteiger partial charge in [-0.3, -0.25) is 9.59 Å². The fourth-order valence-electron chi connectivity index (χ4n) is 3.19. The van der Waals surface area contributed by atoms with Gasteiger partial charge >= 0.3 is 0 Å². The maximum absolute atomic E-state index is 12.7. The number of nitrogens with zero attached hydrogens (tertiary/aromatic N) is 2. The molecule has 7 nitrogen and oxygen atoms in total. The van der Waals surface area contributed by atoms with E-state index in [1.54, 1.807) is 14.0 Å². The molecule has 0 saturated carbocycles. The van der Waals surface area contributed by atoms with Crippen LogP contribution in [0.4, 0.5) is 0 Å². The standard InChI is InChI=1S/C18H18N4O3.ClH/c1-10-14(15-17(25-10)21-9-22(2)18(15)24)16(23)20-6-11-3-4-12-7-19-8-13(12)5-11;/h3-5,9,19H,6-8H2,1-2H3,(H,20,23);1H. The zero-order valence-electron chi connectivity index (χ0n) is 14.5. The number of carbonyl (C=O) groups is 1. The third kappa shape index (κ3) is 3.00. The first-order chi connectivity index (χ1) is 12.0. The van der Waals surface area contributed by atoms with Gasteiger partial charge in [-0.15, -0.1) is 12.4 Å². The van der Waals surface area contributed by atoms with Crippen molar-refractivity contribution in [2.75, 3.05) is 0 Å². The van der Waals surface area contributed by atoms with Crippen molar-refractivity contribution in [3.05, 3.63) is 62.9 Å². The molecule has 0 atom stereocenters. The monoisotopic (exact) mass is 374 g/mol. The van der Waals surface area contributed by atoms with Crippen LogP contribution < -0.4 is 16.2 Å². The highest BCUT2D eigenvalue weighted by molar-refractivity contribution is 6.06. The molecule has 0 unspecified atom stereocenters. The summed E-state index contributed by atoms with van der Waals surface area (Å²) in [5, 5.41) is 6.39. The van der Waals surface area contributed by atoms with Crippen LogP contribution in [0.15, 0.2) is 33.7 Å². The van der Waals surface area contributed by atoms with Crippen LogP contribution in [-0.4, -0.2) is 15.5 Å². The Kier molecular flexibility index (Phi) is 4.84. The van der Waals surface area contributed by atoms with Gasteiger partial charge in [0.15, 0.2) is 0 Å². The zero-order valence-corrected chi connectivity index (χ0v) is 15.3. The molecule has 4 rings (SSSR count). The van der Waals surface area contributed by atoms with Crippen LogP contribution in [0.1, 0.15) is 32.8 Å². The van der Waals surface area contributed by atoms with E-state index in [2.05, 4.69) is 27.8 Å². The van der Waals surface area contributed by atoms with Crippen molar-refractivity contribution in [1.82, 2.24) is 20.2 Å². The van der Waals surface area contributed by atoms with Crippen molar-refractivity contribution >= 4 is 29.4 Å². The number of rotatable bonds is 3. The molecule has 136 valence electrons. The van der Waals surface area contributed by atoms with E-state index < -0.39 is 0 Å². The Morgan fingerprint density at radius 3 is 2.92 bits per heavy atom. The molecule has 1 aliphatic heterocycles. The lowest BCUT2D eigenvalue weighted by Crippen LogP contribution is -2.26. The number of hydrogen-bond donors (Lipinski definition) is 2. The number of amides is 1. The first-order valence-electron chi connectivity index (χ1n) is 8.09. The lowest BCUT2D eigenvalue weighted by molar-refractivity contribution is 0.0950. The molecule has 0 spiro atoms. The molecule has 0 saturated heterocycles. The molecular formula is C18H19ClN4O3. The maximum atomic E-state index is 12.7. The molecule has 0 fully saturated rings. The molecule has 0 bridgehead atoms. The molecule has 1 amide bonds. The van der Waals surface area contributed by atoms with Crippen molar-refractivity contribution in [2.24, 2.45) is 7.05 Å². The quantitative estimate of drug-likeness (QED) is 0.729. The molecule has 0 radical (unpaired) electrons. The number of furan rings is 1. The van der Waals surface area contributed by atoms with Gasteiger partial charge in [-0.2, -0.15) is 0 Å². The number of nitrogens with one attached hydrogen (secondary N) is 2. The first kappa shape index (κ1) is 18.2. The van der Waals surface area contributed by atoms with Gasteiger partial charge in [0.05, 0.1) is 5.56 Å². The Morgan fingerprint density at radius 1 is 1.35 bits per heavy atom. The lowest BCUT2D eigenvalue weighted by Gasteiger charge is -2.07. The van der Waals surface area contributed by atoms with E-state index in [1.807, 2.05) is 6.07 Å². The summed E-state index contributed by atoms with van der Waals surface area (Å²) in [6.07, 6.45) is 1.38. The molecule has 3 aromatic rings. The highest BCUT2D eigenvalue weighted by Crippen LogP contribution is 2.21. The fourth-order valence-corrected chi connectivity index (χ4v) is 3.19. The molecule has 3 heterocycles. The summed E-state index contributed by atoms with van der Waals surface area (Å²) in [5.41, 5.74) is 3.72. The van der Waals surface area contributed by atoms with Crippen molar-refractivity contribution in [1.29, 1.82) is 0 Å². The number of carbonyl (C=O) groups excluding carboxylic acids is 1. The van der Waals surface area contributed by atoms with Crippen LogP contribution in [-0.2, 0) is 26.7 Å². The lowest BCUT2D eigenvalue weighted by atomic mass is 10.1. The first-order valence-corrected chi connectivity index (χ1v) is 8.09. The highest BCUT2D eigenvalue weighted by Gasteiger charge is 2.22. The van der Waals surface area contributed by atoms with E-state index >= 15 is 0 Å². The third-order valence-corrected chi connectivity index (χ3v) is 4.53. The van der Waals surface area contributed by atoms with Gasteiger partial charge in [-0.25, -0.2) is 4.98 Å². The summed E-state index contributed by atoms with van der Waals surface area (Å²) in [4.78, 5) is 29.1. The number of halogens is 1. The molecule has 26 heavy (non-hydrogen) atoms. The van der Waals surface area contributed by atoms with Crippen LogP contribution in [0.5, 0.6) is 0 Å². The molecule has 2 aromatic heterocycles.